The summed E-state index contributed by atoms with van der Waals surface area (Å²) in [6, 6.07) is 2.65. The van der Waals surface area contributed by atoms with Crippen molar-refractivity contribution in [3.05, 3.63) is 22.6 Å². The molecule has 1 aliphatic carbocycles. The number of halogens is 3. The summed E-state index contributed by atoms with van der Waals surface area (Å²) in [5.74, 6) is -4.97. The van der Waals surface area contributed by atoms with Crippen molar-refractivity contribution < 1.29 is 23.1 Å². The SMILES string of the molecule is O=C(O)C1(c2ccc(Br)o2)CC1(F)F. The van der Waals surface area contributed by atoms with Crippen LogP contribution in [-0.4, -0.2) is 17.0 Å². The average Bonchev–Trinajstić information content (AvgIpc) is 2.44. The number of aliphatic carboxylic acids is 1. The minimum absolute atomic E-state index is 0.207. The van der Waals surface area contributed by atoms with Crippen molar-refractivity contribution in [1.29, 1.82) is 0 Å². The number of furan rings is 1. The fraction of sp³-hybridized carbons (Fsp3) is 0.375. The Kier molecular flexibility index (Phi) is 1.76. The summed E-state index contributed by atoms with van der Waals surface area (Å²) >= 11 is 2.93. The molecule has 3 nitrogen and oxygen atoms in total. The highest BCUT2D eigenvalue weighted by Gasteiger charge is 2.79. The molecule has 1 heterocycles. The summed E-state index contributed by atoms with van der Waals surface area (Å²) in [4.78, 5) is 10.8. The molecular formula is C8H5BrF2O3. The van der Waals surface area contributed by atoms with Gasteiger partial charge in [-0.15, -0.1) is 0 Å². The molecule has 0 aliphatic heterocycles. The molecule has 1 atom stereocenters. The van der Waals surface area contributed by atoms with E-state index in [1.54, 1.807) is 0 Å². The molecule has 0 saturated heterocycles. The zero-order chi connectivity index (χ0) is 10.6. The van der Waals surface area contributed by atoms with Crippen molar-refractivity contribution >= 4 is 21.9 Å². The number of carboxylic acid groups (broad SMARTS) is 1. The Bertz CT molecular complexity index is 401. The van der Waals surface area contributed by atoms with Gasteiger partial charge in [0, 0.05) is 6.42 Å². The van der Waals surface area contributed by atoms with Crippen LogP contribution in [0.2, 0.25) is 0 Å². The van der Waals surface area contributed by atoms with Crippen LogP contribution in [0.5, 0.6) is 0 Å². The maximum Gasteiger partial charge on any atom is 0.323 e. The number of hydrogen-bond donors (Lipinski definition) is 1. The first-order valence-electron chi connectivity index (χ1n) is 3.77. The maximum atomic E-state index is 12.9. The number of carboxylic acids is 1. The Labute approximate surface area is 85.8 Å². The van der Waals surface area contributed by atoms with Crippen molar-refractivity contribution in [1.82, 2.24) is 0 Å². The highest BCUT2D eigenvalue weighted by molar-refractivity contribution is 9.10. The zero-order valence-corrected chi connectivity index (χ0v) is 8.35. The van der Waals surface area contributed by atoms with Crippen molar-refractivity contribution in [3.63, 3.8) is 0 Å². The fourth-order valence-corrected chi connectivity index (χ4v) is 1.74. The topological polar surface area (TPSA) is 50.4 Å². The van der Waals surface area contributed by atoms with E-state index in [4.69, 9.17) is 9.52 Å². The van der Waals surface area contributed by atoms with Gasteiger partial charge in [0.1, 0.15) is 5.76 Å². The molecule has 1 fully saturated rings. The Balaban J connectivity index is 2.46. The van der Waals surface area contributed by atoms with E-state index in [1.807, 2.05) is 0 Å². The molecule has 0 bridgehead atoms. The summed E-state index contributed by atoms with van der Waals surface area (Å²) in [6.45, 7) is 0. The lowest BCUT2D eigenvalue weighted by Gasteiger charge is -2.06. The molecule has 1 aliphatic rings. The third-order valence-electron chi connectivity index (χ3n) is 2.35. The molecule has 1 aromatic rings. The Morgan fingerprint density at radius 3 is 2.43 bits per heavy atom. The van der Waals surface area contributed by atoms with Gasteiger partial charge in [-0.1, -0.05) is 0 Å². The Hall–Kier alpha value is -0.910. The van der Waals surface area contributed by atoms with E-state index in [2.05, 4.69) is 15.9 Å². The molecular weight excluding hydrogens is 262 g/mol. The third kappa shape index (κ3) is 1.03. The summed E-state index contributed by atoms with van der Waals surface area (Å²) in [7, 11) is 0. The standard InChI is InChI=1S/C8H5BrF2O3/c9-5-2-1-4(14-5)7(6(12)13)3-8(7,10)11/h1-2H,3H2,(H,12,13). The highest BCUT2D eigenvalue weighted by Crippen LogP contribution is 2.62. The molecule has 1 unspecified atom stereocenters. The van der Waals surface area contributed by atoms with Gasteiger partial charge in [-0.25, -0.2) is 8.78 Å². The van der Waals surface area contributed by atoms with Gasteiger partial charge >= 0.3 is 5.97 Å². The molecule has 76 valence electrons. The molecule has 6 heteroatoms. The molecule has 1 N–H and O–H groups in total. The van der Waals surface area contributed by atoms with Crippen molar-refractivity contribution in [3.8, 4) is 0 Å². The Morgan fingerprint density at radius 2 is 2.14 bits per heavy atom. The number of carbonyl (C=O) groups is 1. The van der Waals surface area contributed by atoms with Gasteiger partial charge in [0.05, 0.1) is 0 Å². The normalized spacial score (nSPS) is 28.8. The summed E-state index contributed by atoms with van der Waals surface area (Å²) in [5, 5.41) is 8.75. The van der Waals surface area contributed by atoms with E-state index < -0.39 is 23.7 Å². The quantitative estimate of drug-likeness (QED) is 0.895. The number of hydrogen-bond acceptors (Lipinski definition) is 2. The van der Waals surface area contributed by atoms with E-state index >= 15 is 0 Å². The minimum Gasteiger partial charge on any atom is -0.480 e. The van der Waals surface area contributed by atoms with Crippen LogP contribution in [0.1, 0.15) is 12.2 Å². The first-order chi connectivity index (χ1) is 6.40. The molecule has 0 amide bonds. The predicted octanol–water partition coefficient (Wildman–Crippen LogP) is 2.40. The lowest BCUT2D eigenvalue weighted by Crippen LogP contribution is -2.26. The van der Waals surface area contributed by atoms with Gasteiger partial charge in [-0.2, -0.15) is 0 Å². The highest BCUT2D eigenvalue weighted by atomic mass is 79.9. The van der Waals surface area contributed by atoms with Crippen LogP contribution in [0.4, 0.5) is 8.78 Å². The van der Waals surface area contributed by atoms with Crippen LogP contribution >= 0.6 is 15.9 Å². The smallest absolute Gasteiger partial charge is 0.323 e. The average molecular weight is 267 g/mol. The predicted molar refractivity (Wildman–Crippen MR) is 45.3 cm³/mol. The fourth-order valence-electron chi connectivity index (χ4n) is 1.44. The van der Waals surface area contributed by atoms with Gasteiger partial charge in [0.15, 0.2) is 10.1 Å². The van der Waals surface area contributed by atoms with Crippen molar-refractivity contribution in [2.75, 3.05) is 0 Å². The first-order valence-corrected chi connectivity index (χ1v) is 4.56. The first kappa shape index (κ1) is 9.64. The van der Waals surface area contributed by atoms with Gasteiger partial charge < -0.3 is 9.52 Å². The maximum absolute atomic E-state index is 12.9. The number of rotatable bonds is 2. The van der Waals surface area contributed by atoms with E-state index in [9.17, 15) is 13.6 Å². The second-order valence-electron chi connectivity index (χ2n) is 3.20. The Morgan fingerprint density at radius 1 is 1.57 bits per heavy atom. The van der Waals surface area contributed by atoms with E-state index in [-0.39, 0.29) is 10.4 Å². The van der Waals surface area contributed by atoms with Crippen molar-refractivity contribution in [2.45, 2.75) is 17.8 Å². The van der Waals surface area contributed by atoms with Crippen LogP contribution in [0.15, 0.2) is 21.2 Å². The van der Waals surface area contributed by atoms with Gasteiger partial charge in [-0.05, 0) is 28.1 Å². The molecule has 0 spiro atoms. The van der Waals surface area contributed by atoms with Gasteiger partial charge in [0.25, 0.3) is 5.92 Å². The molecule has 2 rings (SSSR count). The summed E-state index contributed by atoms with van der Waals surface area (Å²) < 4.78 is 31.0. The molecule has 1 aromatic heterocycles. The van der Waals surface area contributed by atoms with Gasteiger partial charge in [-0.3, -0.25) is 4.79 Å². The second-order valence-corrected chi connectivity index (χ2v) is 3.98. The number of alkyl halides is 2. The summed E-state index contributed by atoms with van der Waals surface area (Å²) in [6.07, 6.45) is -0.699. The van der Waals surface area contributed by atoms with E-state index in [0.717, 1.165) is 0 Å². The molecule has 1 saturated carbocycles. The van der Waals surface area contributed by atoms with Gasteiger partial charge in [0.2, 0.25) is 0 Å². The summed E-state index contributed by atoms with van der Waals surface area (Å²) in [5.41, 5.74) is -2.15. The molecule has 14 heavy (non-hydrogen) atoms. The lowest BCUT2D eigenvalue weighted by molar-refractivity contribution is -0.143. The van der Waals surface area contributed by atoms with E-state index in [0.29, 0.717) is 0 Å². The zero-order valence-electron chi connectivity index (χ0n) is 6.76. The van der Waals surface area contributed by atoms with Crippen LogP contribution in [0.25, 0.3) is 0 Å². The van der Waals surface area contributed by atoms with Crippen LogP contribution in [0, 0.1) is 0 Å². The third-order valence-corrected chi connectivity index (χ3v) is 2.77. The van der Waals surface area contributed by atoms with Crippen LogP contribution in [0.3, 0.4) is 0 Å². The van der Waals surface area contributed by atoms with E-state index in [1.165, 1.54) is 12.1 Å². The van der Waals surface area contributed by atoms with Crippen LogP contribution < -0.4 is 0 Å². The monoisotopic (exact) mass is 266 g/mol. The molecule has 0 radical (unpaired) electrons. The lowest BCUT2D eigenvalue weighted by atomic mass is 10.0. The van der Waals surface area contributed by atoms with Crippen LogP contribution in [-0.2, 0) is 10.2 Å². The largest absolute Gasteiger partial charge is 0.480 e. The van der Waals surface area contributed by atoms with Crippen molar-refractivity contribution in [2.24, 2.45) is 0 Å². The molecule has 0 aromatic carbocycles. The second kappa shape index (κ2) is 2.56. The minimum atomic E-state index is -3.21.